The summed E-state index contributed by atoms with van der Waals surface area (Å²) in [6, 6.07) is 5.93. The molecule has 0 amide bonds. The van der Waals surface area contributed by atoms with E-state index in [0.717, 1.165) is 11.3 Å². The second-order valence-electron chi connectivity index (χ2n) is 3.02. The lowest BCUT2D eigenvalue weighted by molar-refractivity contribution is 0.603. The Hall–Kier alpha value is -0.820. The third-order valence-corrected chi connectivity index (χ3v) is 5.09. The lowest BCUT2D eigenvalue weighted by Crippen LogP contribution is -2.12. The van der Waals surface area contributed by atoms with Gasteiger partial charge in [-0.3, -0.25) is 4.72 Å². The lowest BCUT2D eigenvalue weighted by atomic mass is 10.5. The molecule has 0 spiro atoms. The molecule has 0 saturated heterocycles. The van der Waals surface area contributed by atoms with Gasteiger partial charge in [0.1, 0.15) is 10.0 Å². The topological polar surface area (TPSA) is 59.1 Å². The number of nitrogens with zero attached hydrogens (tertiary/aromatic N) is 1. The molecule has 2 rings (SSSR count). The number of sulfonamides is 1. The molecular formula is C9H6Cl2N2O2S2. The number of pyridine rings is 1. The van der Waals surface area contributed by atoms with Gasteiger partial charge in [0.25, 0.3) is 10.0 Å². The fourth-order valence-electron chi connectivity index (χ4n) is 1.09. The van der Waals surface area contributed by atoms with Crippen LogP contribution in [0.5, 0.6) is 0 Å². The molecule has 0 aliphatic heterocycles. The van der Waals surface area contributed by atoms with Crippen molar-refractivity contribution < 1.29 is 8.42 Å². The Morgan fingerprint density at radius 3 is 2.59 bits per heavy atom. The van der Waals surface area contributed by atoms with Crippen molar-refractivity contribution in [2.45, 2.75) is 4.21 Å². The molecule has 0 aromatic carbocycles. The molecule has 0 saturated carbocycles. The summed E-state index contributed by atoms with van der Waals surface area (Å²) < 4.78 is 26.6. The first-order valence-corrected chi connectivity index (χ1v) is 7.43. The summed E-state index contributed by atoms with van der Waals surface area (Å²) in [5.41, 5.74) is 0. The van der Waals surface area contributed by atoms with Crippen molar-refractivity contribution in [1.82, 2.24) is 4.98 Å². The van der Waals surface area contributed by atoms with Crippen molar-refractivity contribution in [1.29, 1.82) is 0 Å². The van der Waals surface area contributed by atoms with E-state index in [1.165, 1.54) is 24.4 Å². The fraction of sp³-hybridized carbons (Fsp3) is 0. The minimum atomic E-state index is -3.65. The zero-order chi connectivity index (χ0) is 12.5. The van der Waals surface area contributed by atoms with Crippen LogP contribution < -0.4 is 4.72 Å². The summed E-state index contributed by atoms with van der Waals surface area (Å²) in [6.07, 6.45) is 1.42. The number of nitrogens with one attached hydrogen (secondary N) is 1. The number of anilines is 1. The van der Waals surface area contributed by atoms with Crippen molar-refractivity contribution in [3.05, 3.63) is 39.8 Å². The molecule has 0 unspecified atom stereocenters. The van der Waals surface area contributed by atoms with Crippen molar-refractivity contribution in [3.8, 4) is 0 Å². The van der Waals surface area contributed by atoms with E-state index < -0.39 is 10.0 Å². The van der Waals surface area contributed by atoms with Gasteiger partial charge in [0.15, 0.2) is 0 Å². The average molecular weight is 309 g/mol. The molecule has 0 radical (unpaired) electrons. The predicted molar refractivity (Wildman–Crippen MR) is 69.4 cm³/mol. The van der Waals surface area contributed by atoms with Gasteiger partial charge in [-0.05, 0) is 18.2 Å². The minimum Gasteiger partial charge on any atom is -0.263 e. The Balaban J connectivity index is 2.29. The molecule has 90 valence electrons. The van der Waals surface area contributed by atoms with Crippen LogP contribution in [0.3, 0.4) is 0 Å². The van der Waals surface area contributed by atoms with E-state index in [-0.39, 0.29) is 10.0 Å². The van der Waals surface area contributed by atoms with Gasteiger partial charge in [0.2, 0.25) is 0 Å². The maximum absolute atomic E-state index is 11.9. The maximum Gasteiger partial charge on any atom is 0.272 e. The van der Waals surface area contributed by atoms with Gasteiger partial charge in [-0.1, -0.05) is 23.2 Å². The van der Waals surface area contributed by atoms with Crippen molar-refractivity contribution >= 4 is 50.4 Å². The van der Waals surface area contributed by atoms with E-state index in [2.05, 4.69) is 9.71 Å². The molecule has 0 fully saturated rings. The number of hydrogen-bond donors (Lipinski definition) is 1. The number of thiophene rings is 1. The highest BCUT2D eigenvalue weighted by Crippen LogP contribution is 2.27. The summed E-state index contributed by atoms with van der Waals surface area (Å²) in [7, 11) is -3.65. The number of halogens is 2. The highest BCUT2D eigenvalue weighted by atomic mass is 35.5. The van der Waals surface area contributed by atoms with Crippen LogP contribution >= 0.6 is 34.5 Å². The number of hydrogen-bond acceptors (Lipinski definition) is 4. The third kappa shape index (κ3) is 3.10. The zero-order valence-electron chi connectivity index (χ0n) is 8.22. The van der Waals surface area contributed by atoms with E-state index in [9.17, 15) is 8.42 Å². The molecular weight excluding hydrogens is 303 g/mol. The van der Waals surface area contributed by atoms with Gasteiger partial charge in [-0.2, -0.15) is 0 Å². The van der Waals surface area contributed by atoms with E-state index in [4.69, 9.17) is 23.2 Å². The molecule has 2 aromatic rings. The fourth-order valence-corrected chi connectivity index (χ4v) is 3.73. The van der Waals surface area contributed by atoms with Crippen LogP contribution in [0.25, 0.3) is 0 Å². The molecule has 0 aliphatic rings. The molecule has 0 bridgehead atoms. The van der Waals surface area contributed by atoms with Crippen molar-refractivity contribution in [2.75, 3.05) is 4.72 Å². The monoisotopic (exact) mass is 308 g/mol. The predicted octanol–water partition coefficient (Wildman–Crippen LogP) is 3.25. The van der Waals surface area contributed by atoms with Gasteiger partial charge >= 0.3 is 0 Å². The molecule has 0 aliphatic carbocycles. The molecule has 8 heteroatoms. The Bertz CT molecular complexity index is 640. The van der Waals surface area contributed by atoms with Crippen LogP contribution in [0.15, 0.2) is 34.7 Å². The SMILES string of the molecule is O=S(=O)(Nc1cc(Cl)ccn1)c1ccc(Cl)s1. The second kappa shape index (κ2) is 4.81. The van der Waals surface area contributed by atoms with Crippen molar-refractivity contribution in [2.24, 2.45) is 0 Å². The molecule has 2 aromatic heterocycles. The van der Waals surface area contributed by atoms with E-state index in [0.29, 0.717) is 9.36 Å². The Morgan fingerprint density at radius 2 is 2.00 bits per heavy atom. The zero-order valence-corrected chi connectivity index (χ0v) is 11.4. The van der Waals surface area contributed by atoms with Gasteiger partial charge < -0.3 is 0 Å². The molecule has 4 nitrogen and oxygen atoms in total. The highest BCUT2D eigenvalue weighted by molar-refractivity contribution is 7.94. The van der Waals surface area contributed by atoms with Crippen LogP contribution in [0.1, 0.15) is 0 Å². The van der Waals surface area contributed by atoms with Crippen LogP contribution in [0.4, 0.5) is 5.82 Å². The molecule has 2 heterocycles. The van der Waals surface area contributed by atoms with Gasteiger partial charge in [0.05, 0.1) is 4.34 Å². The smallest absolute Gasteiger partial charge is 0.263 e. The van der Waals surface area contributed by atoms with Gasteiger partial charge in [0, 0.05) is 17.3 Å². The van der Waals surface area contributed by atoms with E-state index in [1.54, 1.807) is 6.07 Å². The standard InChI is InChI=1S/C9H6Cl2N2O2S2/c10-6-3-4-12-8(5-6)13-17(14,15)9-2-1-7(11)16-9/h1-5H,(H,12,13). The summed E-state index contributed by atoms with van der Waals surface area (Å²) in [5, 5.41) is 0.405. The minimum absolute atomic E-state index is 0.129. The van der Waals surface area contributed by atoms with Crippen LogP contribution in [0.2, 0.25) is 9.36 Å². The number of rotatable bonds is 3. The summed E-state index contributed by atoms with van der Waals surface area (Å²) in [5.74, 6) is 0.169. The maximum atomic E-state index is 11.9. The average Bonchev–Trinajstić information content (AvgIpc) is 2.65. The highest BCUT2D eigenvalue weighted by Gasteiger charge is 2.17. The first-order chi connectivity index (χ1) is 7.97. The quantitative estimate of drug-likeness (QED) is 0.947. The first-order valence-electron chi connectivity index (χ1n) is 4.37. The Morgan fingerprint density at radius 1 is 1.24 bits per heavy atom. The largest absolute Gasteiger partial charge is 0.272 e. The van der Waals surface area contributed by atoms with Gasteiger partial charge in [-0.25, -0.2) is 13.4 Å². The van der Waals surface area contributed by atoms with E-state index >= 15 is 0 Å². The summed E-state index contributed by atoms with van der Waals surface area (Å²) in [6.45, 7) is 0. The third-order valence-electron chi connectivity index (χ3n) is 1.77. The van der Waals surface area contributed by atoms with Crippen molar-refractivity contribution in [3.63, 3.8) is 0 Å². The lowest BCUT2D eigenvalue weighted by Gasteiger charge is -2.04. The first kappa shape index (κ1) is 12.6. The summed E-state index contributed by atoms with van der Waals surface area (Å²) in [4.78, 5) is 3.85. The molecule has 17 heavy (non-hydrogen) atoms. The molecule has 0 atom stereocenters. The Kier molecular flexibility index (Phi) is 3.58. The summed E-state index contributed by atoms with van der Waals surface area (Å²) >= 11 is 12.4. The normalized spacial score (nSPS) is 11.4. The van der Waals surface area contributed by atoms with Crippen LogP contribution in [-0.4, -0.2) is 13.4 Å². The van der Waals surface area contributed by atoms with Crippen LogP contribution in [-0.2, 0) is 10.0 Å². The number of aromatic nitrogens is 1. The van der Waals surface area contributed by atoms with E-state index in [1.807, 2.05) is 0 Å². The Labute approximate surface area is 112 Å². The molecule has 1 N–H and O–H groups in total. The van der Waals surface area contributed by atoms with Gasteiger partial charge in [-0.15, -0.1) is 11.3 Å². The second-order valence-corrected chi connectivity index (χ2v) is 7.08. The van der Waals surface area contributed by atoms with Crippen LogP contribution in [0, 0.1) is 0 Å².